The van der Waals surface area contributed by atoms with Gasteiger partial charge in [-0.1, -0.05) is 30.3 Å². The van der Waals surface area contributed by atoms with Crippen LogP contribution in [0.5, 0.6) is 5.75 Å². The Morgan fingerprint density at radius 1 is 1.06 bits per heavy atom. The second-order valence-electron chi connectivity index (χ2n) is 8.04. The van der Waals surface area contributed by atoms with E-state index >= 15 is 0 Å². The maximum absolute atomic E-state index is 12.8. The van der Waals surface area contributed by atoms with E-state index in [1.54, 1.807) is 18.1 Å². The summed E-state index contributed by atoms with van der Waals surface area (Å²) in [5.41, 5.74) is 1.87. The van der Waals surface area contributed by atoms with Crippen LogP contribution in [-0.2, 0) is 11.2 Å². The number of piperazine rings is 1. The van der Waals surface area contributed by atoms with Gasteiger partial charge in [-0.2, -0.15) is 0 Å². The highest BCUT2D eigenvalue weighted by molar-refractivity contribution is 5.96. The molecule has 1 aliphatic rings. The smallest absolute Gasteiger partial charge is 0.289 e. The highest BCUT2D eigenvalue weighted by Crippen LogP contribution is 2.21. The first-order valence-corrected chi connectivity index (χ1v) is 11.0. The van der Waals surface area contributed by atoms with E-state index < -0.39 is 0 Å². The van der Waals surface area contributed by atoms with Gasteiger partial charge in [0.2, 0.25) is 5.91 Å². The number of rotatable bonds is 7. The number of carbonyl (C=O) groups is 2. The average molecular weight is 436 g/mol. The Morgan fingerprint density at radius 2 is 1.78 bits per heavy atom. The molecule has 1 saturated heterocycles. The molecule has 7 heteroatoms. The minimum absolute atomic E-state index is 0.00979. The van der Waals surface area contributed by atoms with Gasteiger partial charge in [0.25, 0.3) is 5.91 Å². The molecule has 0 aliphatic carbocycles. The van der Waals surface area contributed by atoms with E-state index in [1.807, 2.05) is 55.5 Å². The SMILES string of the molecule is COc1ccc(CCNC(=O)C(C)N2CCN(C(=O)c3cc4ccccc4o3)CC2)cc1. The molecule has 1 atom stereocenters. The van der Waals surface area contributed by atoms with Crippen molar-refractivity contribution < 1.29 is 18.7 Å². The first kappa shape index (κ1) is 21.9. The Morgan fingerprint density at radius 3 is 2.47 bits per heavy atom. The lowest BCUT2D eigenvalue weighted by atomic mass is 10.1. The number of hydrogen-bond donors (Lipinski definition) is 1. The molecule has 0 radical (unpaired) electrons. The average Bonchev–Trinajstić information content (AvgIpc) is 3.28. The zero-order chi connectivity index (χ0) is 22.5. The summed E-state index contributed by atoms with van der Waals surface area (Å²) >= 11 is 0. The van der Waals surface area contributed by atoms with Gasteiger partial charge < -0.3 is 19.4 Å². The summed E-state index contributed by atoms with van der Waals surface area (Å²) in [4.78, 5) is 29.3. The third kappa shape index (κ3) is 4.94. The number of nitrogens with zero attached hydrogens (tertiary/aromatic N) is 2. The summed E-state index contributed by atoms with van der Waals surface area (Å²) < 4.78 is 10.9. The summed E-state index contributed by atoms with van der Waals surface area (Å²) in [6, 6.07) is 17.0. The van der Waals surface area contributed by atoms with E-state index in [0.29, 0.717) is 38.5 Å². The van der Waals surface area contributed by atoms with Gasteiger partial charge in [-0.15, -0.1) is 0 Å². The monoisotopic (exact) mass is 435 g/mol. The van der Waals surface area contributed by atoms with Crippen LogP contribution in [0.3, 0.4) is 0 Å². The number of furan rings is 1. The molecule has 1 aromatic heterocycles. The molecular formula is C25H29N3O4. The summed E-state index contributed by atoms with van der Waals surface area (Å²) in [5, 5.41) is 3.95. The van der Waals surface area contributed by atoms with Crippen LogP contribution < -0.4 is 10.1 Å². The van der Waals surface area contributed by atoms with Crippen LogP contribution >= 0.6 is 0 Å². The third-order valence-corrected chi connectivity index (χ3v) is 6.04. The number of para-hydroxylation sites is 1. The summed E-state index contributed by atoms with van der Waals surface area (Å²) in [5.74, 6) is 1.10. The number of ether oxygens (including phenoxy) is 1. The van der Waals surface area contributed by atoms with E-state index in [9.17, 15) is 9.59 Å². The Labute approximate surface area is 187 Å². The Kier molecular flexibility index (Phi) is 6.75. The first-order valence-electron chi connectivity index (χ1n) is 11.0. The predicted molar refractivity (Wildman–Crippen MR) is 123 cm³/mol. The molecule has 1 fully saturated rings. The first-order chi connectivity index (χ1) is 15.5. The van der Waals surface area contributed by atoms with Crippen molar-refractivity contribution in [1.29, 1.82) is 0 Å². The molecule has 0 spiro atoms. The van der Waals surface area contributed by atoms with Gasteiger partial charge in [-0.25, -0.2) is 0 Å². The van der Waals surface area contributed by atoms with E-state index in [1.165, 1.54) is 0 Å². The summed E-state index contributed by atoms with van der Waals surface area (Å²) in [7, 11) is 1.64. The number of benzene rings is 2. The fraction of sp³-hybridized carbons (Fsp3) is 0.360. The standard InChI is InChI=1S/C25H29N3O4/c1-18(24(29)26-12-11-19-7-9-21(31-2)10-8-19)27-13-15-28(16-14-27)25(30)23-17-20-5-3-4-6-22(20)32-23/h3-10,17-18H,11-16H2,1-2H3,(H,26,29). The van der Waals surface area contributed by atoms with Crippen molar-refractivity contribution >= 4 is 22.8 Å². The van der Waals surface area contributed by atoms with Gasteiger partial charge >= 0.3 is 0 Å². The van der Waals surface area contributed by atoms with Crippen LogP contribution in [0.4, 0.5) is 0 Å². The van der Waals surface area contributed by atoms with Gasteiger partial charge in [0.1, 0.15) is 11.3 Å². The molecule has 0 saturated carbocycles. The second kappa shape index (κ2) is 9.87. The fourth-order valence-electron chi connectivity index (χ4n) is 3.99. The van der Waals surface area contributed by atoms with Crippen molar-refractivity contribution in [3.05, 3.63) is 65.9 Å². The summed E-state index contributed by atoms with van der Waals surface area (Å²) in [6.07, 6.45) is 0.766. The van der Waals surface area contributed by atoms with Crippen LogP contribution in [0.25, 0.3) is 11.0 Å². The van der Waals surface area contributed by atoms with E-state index in [4.69, 9.17) is 9.15 Å². The minimum Gasteiger partial charge on any atom is -0.497 e. The zero-order valence-corrected chi connectivity index (χ0v) is 18.5. The van der Waals surface area contributed by atoms with Gasteiger partial charge in [0, 0.05) is 38.1 Å². The third-order valence-electron chi connectivity index (χ3n) is 6.04. The molecule has 4 rings (SSSR count). The molecule has 1 N–H and O–H groups in total. The normalized spacial score (nSPS) is 15.5. The highest BCUT2D eigenvalue weighted by atomic mass is 16.5. The van der Waals surface area contributed by atoms with Gasteiger partial charge in [-0.05, 0) is 43.2 Å². The van der Waals surface area contributed by atoms with Gasteiger partial charge in [-0.3, -0.25) is 14.5 Å². The number of carbonyl (C=O) groups excluding carboxylic acids is 2. The van der Waals surface area contributed by atoms with Crippen molar-refractivity contribution in [3.8, 4) is 5.75 Å². The molecular weight excluding hydrogens is 406 g/mol. The molecule has 7 nitrogen and oxygen atoms in total. The molecule has 32 heavy (non-hydrogen) atoms. The predicted octanol–water partition coefficient (Wildman–Crippen LogP) is 2.95. The van der Waals surface area contributed by atoms with Crippen LogP contribution in [0, 0.1) is 0 Å². The molecule has 0 bridgehead atoms. The van der Waals surface area contributed by atoms with Gasteiger partial charge in [0.15, 0.2) is 5.76 Å². The largest absolute Gasteiger partial charge is 0.497 e. The maximum atomic E-state index is 12.8. The van der Waals surface area contributed by atoms with Crippen molar-refractivity contribution in [3.63, 3.8) is 0 Å². The molecule has 1 unspecified atom stereocenters. The molecule has 2 aromatic carbocycles. The maximum Gasteiger partial charge on any atom is 0.289 e. The van der Waals surface area contributed by atoms with Crippen molar-refractivity contribution in [2.75, 3.05) is 39.8 Å². The van der Waals surface area contributed by atoms with E-state index in [-0.39, 0.29) is 17.9 Å². The van der Waals surface area contributed by atoms with Crippen molar-refractivity contribution in [2.45, 2.75) is 19.4 Å². The minimum atomic E-state index is -0.241. The Hall–Kier alpha value is -3.32. The Balaban J connectivity index is 1.23. The number of hydrogen-bond acceptors (Lipinski definition) is 5. The van der Waals surface area contributed by atoms with Crippen molar-refractivity contribution in [2.24, 2.45) is 0 Å². The Bertz CT molecular complexity index is 1040. The molecule has 1 aliphatic heterocycles. The second-order valence-corrected chi connectivity index (χ2v) is 8.04. The molecule has 2 heterocycles. The molecule has 3 aromatic rings. The molecule has 168 valence electrons. The van der Waals surface area contributed by atoms with Crippen LogP contribution in [0.2, 0.25) is 0 Å². The lowest BCUT2D eigenvalue weighted by Crippen LogP contribution is -2.55. The lowest BCUT2D eigenvalue weighted by molar-refractivity contribution is -0.126. The van der Waals surface area contributed by atoms with Crippen LogP contribution in [0.1, 0.15) is 23.0 Å². The quantitative estimate of drug-likeness (QED) is 0.618. The lowest BCUT2D eigenvalue weighted by Gasteiger charge is -2.37. The van der Waals surface area contributed by atoms with Gasteiger partial charge in [0.05, 0.1) is 13.2 Å². The topological polar surface area (TPSA) is 75.0 Å². The zero-order valence-electron chi connectivity index (χ0n) is 18.5. The highest BCUT2D eigenvalue weighted by Gasteiger charge is 2.29. The number of methoxy groups -OCH3 is 1. The van der Waals surface area contributed by atoms with E-state index in [2.05, 4.69) is 10.2 Å². The van der Waals surface area contributed by atoms with E-state index in [0.717, 1.165) is 28.7 Å². The number of nitrogens with one attached hydrogen (secondary N) is 1. The number of amides is 2. The van der Waals surface area contributed by atoms with Crippen molar-refractivity contribution in [1.82, 2.24) is 15.1 Å². The van der Waals surface area contributed by atoms with Crippen LogP contribution in [-0.4, -0.2) is 67.5 Å². The fourth-order valence-corrected chi connectivity index (χ4v) is 3.99. The number of fused-ring (bicyclic) bond motifs is 1. The summed E-state index contributed by atoms with van der Waals surface area (Å²) in [6.45, 7) is 4.94. The van der Waals surface area contributed by atoms with Crippen LogP contribution in [0.15, 0.2) is 59.0 Å². The molecule has 2 amide bonds.